The normalized spacial score (nSPS) is 16.2. The molecule has 1 aliphatic carbocycles. The lowest BCUT2D eigenvalue weighted by atomic mass is 9.66. The number of benzene rings is 1. The van der Waals surface area contributed by atoms with Crippen LogP contribution in [0.3, 0.4) is 0 Å². The Morgan fingerprint density at radius 2 is 2.19 bits per heavy atom. The van der Waals surface area contributed by atoms with Gasteiger partial charge < -0.3 is 11.1 Å². The third kappa shape index (κ3) is 2.80. The van der Waals surface area contributed by atoms with E-state index in [1.54, 1.807) is 17.1 Å². The van der Waals surface area contributed by atoms with Gasteiger partial charge in [-0.15, -0.1) is 5.10 Å². The standard InChI is InChI=1S/C15H19N5O/c16-11-15(6-3-7-15)10-14(21)18-12-4-1-2-5-13(12)20-9-8-17-19-20/h1-2,4-5,8-9H,3,6-7,10-11,16H2,(H,18,21). The van der Waals surface area contributed by atoms with E-state index in [9.17, 15) is 4.79 Å². The molecule has 0 saturated heterocycles. The van der Waals surface area contributed by atoms with E-state index in [0.29, 0.717) is 13.0 Å². The summed E-state index contributed by atoms with van der Waals surface area (Å²) in [5, 5.41) is 10.7. The molecule has 0 unspecified atom stereocenters. The first-order valence-corrected chi connectivity index (χ1v) is 7.18. The smallest absolute Gasteiger partial charge is 0.225 e. The molecular formula is C15H19N5O. The van der Waals surface area contributed by atoms with Crippen molar-refractivity contribution in [3.63, 3.8) is 0 Å². The Labute approximate surface area is 123 Å². The Morgan fingerprint density at radius 3 is 2.81 bits per heavy atom. The lowest BCUT2D eigenvalue weighted by Crippen LogP contribution is -2.40. The van der Waals surface area contributed by atoms with Gasteiger partial charge in [-0.2, -0.15) is 0 Å². The molecule has 1 heterocycles. The highest BCUT2D eigenvalue weighted by molar-refractivity contribution is 5.93. The third-order valence-electron chi connectivity index (χ3n) is 4.23. The molecule has 1 amide bonds. The van der Waals surface area contributed by atoms with Crippen LogP contribution in [0.15, 0.2) is 36.7 Å². The van der Waals surface area contributed by atoms with Gasteiger partial charge in [0.25, 0.3) is 0 Å². The molecule has 6 nitrogen and oxygen atoms in total. The minimum absolute atomic E-state index is 0.00623. The first kappa shape index (κ1) is 13.8. The molecule has 0 aliphatic heterocycles. The first-order chi connectivity index (χ1) is 10.2. The van der Waals surface area contributed by atoms with Crippen LogP contribution in [0.25, 0.3) is 5.69 Å². The molecule has 21 heavy (non-hydrogen) atoms. The quantitative estimate of drug-likeness (QED) is 0.876. The van der Waals surface area contributed by atoms with Crippen LogP contribution in [0.2, 0.25) is 0 Å². The van der Waals surface area contributed by atoms with Crippen LogP contribution >= 0.6 is 0 Å². The molecule has 0 radical (unpaired) electrons. The third-order valence-corrected chi connectivity index (χ3v) is 4.23. The molecular weight excluding hydrogens is 266 g/mol. The monoisotopic (exact) mass is 285 g/mol. The van der Waals surface area contributed by atoms with Crippen molar-refractivity contribution in [3.8, 4) is 5.69 Å². The predicted molar refractivity (Wildman–Crippen MR) is 79.9 cm³/mol. The Morgan fingerprint density at radius 1 is 1.38 bits per heavy atom. The summed E-state index contributed by atoms with van der Waals surface area (Å²) in [6.07, 6.45) is 7.09. The van der Waals surface area contributed by atoms with E-state index < -0.39 is 0 Å². The number of nitrogens with one attached hydrogen (secondary N) is 1. The molecule has 1 aromatic heterocycles. The molecule has 0 atom stereocenters. The van der Waals surface area contributed by atoms with Gasteiger partial charge in [0.05, 0.1) is 23.8 Å². The fourth-order valence-electron chi connectivity index (χ4n) is 2.78. The zero-order valence-corrected chi connectivity index (χ0v) is 11.8. The summed E-state index contributed by atoms with van der Waals surface area (Å²) in [5.74, 6) is 0.00714. The highest BCUT2D eigenvalue weighted by Gasteiger charge is 2.37. The van der Waals surface area contributed by atoms with E-state index in [1.807, 2.05) is 24.3 Å². The zero-order valence-electron chi connectivity index (χ0n) is 11.8. The number of hydrogen-bond donors (Lipinski definition) is 2. The number of anilines is 1. The van der Waals surface area contributed by atoms with Crippen LogP contribution in [0, 0.1) is 5.41 Å². The maximum absolute atomic E-state index is 12.3. The highest BCUT2D eigenvalue weighted by Crippen LogP contribution is 2.43. The van der Waals surface area contributed by atoms with E-state index in [4.69, 9.17) is 5.73 Å². The van der Waals surface area contributed by atoms with Gasteiger partial charge in [-0.25, -0.2) is 4.68 Å². The molecule has 1 aromatic carbocycles. The largest absolute Gasteiger partial charge is 0.330 e. The summed E-state index contributed by atoms with van der Waals surface area (Å²) < 4.78 is 1.64. The first-order valence-electron chi connectivity index (χ1n) is 7.18. The maximum Gasteiger partial charge on any atom is 0.225 e. The number of carbonyl (C=O) groups is 1. The Hall–Kier alpha value is -2.21. The van der Waals surface area contributed by atoms with E-state index in [1.165, 1.54) is 6.42 Å². The van der Waals surface area contributed by atoms with Gasteiger partial charge >= 0.3 is 0 Å². The average molecular weight is 285 g/mol. The molecule has 6 heteroatoms. The van der Waals surface area contributed by atoms with Crippen molar-refractivity contribution in [2.75, 3.05) is 11.9 Å². The van der Waals surface area contributed by atoms with Gasteiger partial charge in [0.15, 0.2) is 0 Å². The van der Waals surface area contributed by atoms with Crippen molar-refractivity contribution in [3.05, 3.63) is 36.7 Å². The number of amides is 1. The van der Waals surface area contributed by atoms with Gasteiger partial charge in [-0.3, -0.25) is 4.79 Å². The molecule has 1 fully saturated rings. The van der Waals surface area contributed by atoms with Crippen LogP contribution in [0.1, 0.15) is 25.7 Å². The molecule has 110 valence electrons. The molecule has 0 bridgehead atoms. The number of hydrogen-bond acceptors (Lipinski definition) is 4. The SMILES string of the molecule is NCC1(CC(=O)Nc2ccccc2-n2ccnn2)CCC1. The average Bonchev–Trinajstić information content (AvgIpc) is 2.97. The molecule has 1 aliphatic rings. The molecule has 3 rings (SSSR count). The number of carbonyl (C=O) groups excluding carboxylic acids is 1. The topological polar surface area (TPSA) is 85.8 Å². The summed E-state index contributed by atoms with van der Waals surface area (Å²) in [6.45, 7) is 0.575. The van der Waals surface area contributed by atoms with Crippen molar-refractivity contribution in [1.82, 2.24) is 15.0 Å². The second kappa shape index (κ2) is 5.65. The van der Waals surface area contributed by atoms with Gasteiger partial charge in [0, 0.05) is 6.42 Å². The van der Waals surface area contributed by atoms with Crippen molar-refractivity contribution < 1.29 is 4.79 Å². The van der Waals surface area contributed by atoms with Crippen molar-refractivity contribution in [2.24, 2.45) is 11.1 Å². The Balaban J connectivity index is 1.75. The number of rotatable bonds is 5. The summed E-state index contributed by atoms with van der Waals surface area (Å²) in [5.41, 5.74) is 7.36. The summed E-state index contributed by atoms with van der Waals surface area (Å²) >= 11 is 0. The van der Waals surface area contributed by atoms with Crippen LogP contribution in [-0.2, 0) is 4.79 Å². The predicted octanol–water partition coefficient (Wildman–Crippen LogP) is 1.72. The van der Waals surface area contributed by atoms with Gasteiger partial charge in [-0.05, 0) is 36.9 Å². The van der Waals surface area contributed by atoms with E-state index in [2.05, 4.69) is 15.6 Å². The molecule has 2 aromatic rings. The maximum atomic E-state index is 12.3. The fraction of sp³-hybridized carbons (Fsp3) is 0.400. The molecule has 1 saturated carbocycles. The van der Waals surface area contributed by atoms with Crippen molar-refractivity contribution in [1.29, 1.82) is 0 Å². The molecule has 3 N–H and O–H groups in total. The van der Waals surface area contributed by atoms with Crippen LogP contribution in [-0.4, -0.2) is 27.4 Å². The van der Waals surface area contributed by atoms with Gasteiger partial charge in [-0.1, -0.05) is 23.8 Å². The highest BCUT2D eigenvalue weighted by atomic mass is 16.1. The minimum Gasteiger partial charge on any atom is -0.330 e. The van der Waals surface area contributed by atoms with Crippen molar-refractivity contribution >= 4 is 11.6 Å². The number of para-hydroxylation sites is 2. The summed E-state index contributed by atoms with van der Waals surface area (Å²) in [4.78, 5) is 12.3. The fourth-order valence-corrected chi connectivity index (χ4v) is 2.78. The summed E-state index contributed by atoms with van der Waals surface area (Å²) in [6, 6.07) is 7.55. The van der Waals surface area contributed by atoms with Crippen LogP contribution < -0.4 is 11.1 Å². The lowest BCUT2D eigenvalue weighted by molar-refractivity contribution is -0.119. The van der Waals surface area contributed by atoms with E-state index >= 15 is 0 Å². The van der Waals surface area contributed by atoms with Crippen LogP contribution in [0.5, 0.6) is 0 Å². The zero-order chi connectivity index (χ0) is 14.7. The number of nitrogens with two attached hydrogens (primary N) is 1. The Bertz CT molecular complexity index is 613. The van der Waals surface area contributed by atoms with E-state index in [0.717, 1.165) is 24.2 Å². The lowest BCUT2D eigenvalue weighted by Gasteiger charge is -2.40. The van der Waals surface area contributed by atoms with Gasteiger partial charge in [0.1, 0.15) is 0 Å². The van der Waals surface area contributed by atoms with Crippen molar-refractivity contribution in [2.45, 2.75) is 25.7 Å². The second-order valence-electron chi connectivity index (χ2n) is 5.65. The van der Waals surface area contributed by atoms with Gasteiger partial charge in [0.2, 0.25) is 5.91 Å². The van der Waals surface area contributed by atoms with Crippen LogP contribution in [0.4, 0.5) is 5.69 Å². The number of aromatic nitrogens is 3. The molecule has 0 spiro atoms. The second-order valence-corrected chi connectivity index (χ2v) is 5.65. The van der Waals surface area contributed by atoms with E-state index in [-0.39, 0.29) is 11.3 Å². The Kier molecular flexibility index (Phi) is 3.70. The minimum atomic E-state index is 0.00623. The number of nitrogens with zero attached hydrogens (tertiary/aromatic N) is 3. The summed E-state index contributed by atoms with van der Waals surface area (Å²) in [7, 11) is 0.